The third-order valence-electron chi connectivity index (χ3n) is 3.30. The lowest BCUT2D eigenvalue weighted by atomic mass is 9.74. The van der Waals surface area contributed by atoms with E-state index in [2.05, 4.69) is 31.0 Å². The number of rotatable bonds is 2. The van der Waals surface area contributed by atoms with Gasteiger partial charge in [-0.2, -0.15) is 0 Å². The molecule has 0 amide bonds. The monoisotopic (exact) mass is 182 g/mol. The van der Waals surface area contributed by atoms with E-state index >= 15 is 0 Å². The van der Waals surface area contributed by atoms with E-state index < -0.39 is 0 Å². The van der Waals surface area contributed by atoms with Crippen LogP contribution in [0.4, 0.5) is 0 Å². The summed E-state index contributed by atoms with van der Waals surface area (Å²) in [4.78, 5) is 2.60. The Labute approximate surface area is 81.7 Å². The van der Waals surface area contributed by atoms with Gasteiger partial charge in [0.2, 0.25) is 0 Å². The van der Waals surface area contributed by atoms with Crippen molar-refractivity contribution in [3.8, 4) is 0 Å². The van der Waals surface area contributed by atoms with Crippen LogP contribution in [-0.4, -0.2) is 37.6 Å². The lowest BCUT2D eigenvalue weighted by molar-refractivity contribution is -0.0433. The number of nitrogens with zero attached hydrogens (tertiary/aromatic N) is 1. The van der Waals surface area contributed by atoms with Crippen molar-refractivity contribution >= 4 is 0 Å². The molecule has 2 nitrogen and oxygen atoms in total. The third kappa shape index (κ3) is 2.05. The molecule has 0 aromatic carbocycles. The van der Waals surface area contributed by atoms with Crippen molar-refractivity contribution in [2.75, 3.05) is 32.7 Å². The Bertz CT molecular complexity index is 181. The van der Waals surface area contributed by atoms with Gasteiger partial charge in [0.05, 0.1) is 0 Å². The summed E-state index contributed by atoms with van der Waals surface area (Å²) in [5.74, 6) is 0. The largest absolute Gasteiger partial charge is 0.315 e. The summed E-state index contributed by atoms with van der Waals surface area (Å²) in [6.07, 6.45) is 1.33. The predicted molar refractivity (Wildman–Crippen MR) is 55.8 cm³/mol. The minimum atomic E-state index is 0.501. The van der Waals surface area contributed by atoms with Crippen LogP contribution >= 0.6 is 0 Å². The van der Waals surface area contributed by atoms with E-state index in [1.165, 1.54) is 39.1 Å². The number of hydrogen-bond acceptors (Lipinski definition) is 2. The molecule has 0 bridgehead atoms. The molecule has 0 atom stereocenters. The molecule has 2 aliphatic rings. The van der Waals surface area contributed by atoms with Crippen molar-refractivity contribution in [1.29, 1.82) is 0 Å². The molecule has 0 radical (unpaired) electrons. The number of nitrogens with one attached hydrogen (secondary N) is 1. The first-order valence-corrected chi connectivity index (χ1v) is 5.42. The van der Waals surface area contributed by atoms with Gasteiger partial charge in [-0.15, -0.1) is 0 Å². The fourth-order valence-electron chi connectivity index (χ4n) is 2.26. The highest BCUT2D eigenvalue weighted by Crippen LogP contribution is 2.34. The molecule has 2 aliphatic heterocycles. The van der Waals surface area contributed by atoms with Gasteiger partial charge >= 0.3 is 0 Å². The summed E-state index contributed by atoms with van der Waals surface area (Å²) < 4.78 is 0. The van der Waals surface area contributed by atoms with Crippen LogP contribution in [0.15, 0.2) is 0 Å². The molecule has 0 aromatic heterocycles. The third-order valence-corrected chi connectivity index (χ3v) is 3.30. The summed E-state index contributed by atoms with van der Waals surface area (Å²) in [6.45, 7) is 13.5. The lowest BCUT2D eigenvalue weighted by Gasteiger charge is -2.56. The quantitative estimate of drug-likeness (QED) is 0.693. The van der Waals surface area contributed by atoms with Gasteiger partial charge in [0, 0.05) is 31.6 Å². The molecule has 1 spiro atoms. The molecule has 2 heteroatoms. The Hall–Kier alpha value is -0.0800. The highest BCUT2D eigenvalue weighted by molar-refractivity contribution is 5.03. The lowest BCUT2D eigenvalue weighted by Crippen LogP contribution is -2.71. The zero-order chi connectivity index (χ0) is 9.53. The van der Waals surface area contributed by atoms with Crippen molar-refractivity contribution in [2.45, 2.75) is 27.2 Å². The molecule has 2 saturated heterocycles. The van der Waals surface area contributed by atoms with Crippen LogP contribution in [0.3, 0.4) is 0 Å². The summed E-state index contributed by atoms with van der Waals surface area (Å²) in [5, 5.41) is 3.37. The van der Waals surface area contributed by atoms with Gasteiger partial charge in [0.1, 0.15) is 0 Å². The van der Waals surface area contributed by atoms with Crippen molar-refractivity contribution in [1.82, 2.24) is 10.2 Å². The van der Waals surface area contributed by atoms with Crippen molar-refractivity contribution < 1.29 is 0 Å². The number of likely N-dealkylation sites (tertiary alicyclic amines) is 1. The van der Waals surface area contributed by atoms with Gasteiger partial charge in [-0.25, -0.2) is 0 Å². The minimum absolute atomic E-state index is 0.501. The number of hydrogen-bond donors (Lipinski definition) is 1. The molecule has 2 rings (SSSR count). The van der Waals surface area contributed by atoms with E-state index in [0.29, 0.717) is 10.8 Å². The van der Waals surface area contributed by atoms with Crippen molar-refractivity contribution in [3.05, 3.63) is 0 Å². The molecular formula is C11H22N2. The molecule has 0 saturated carbocycles. The fourth-order valence-corrected chi connectivity index (χ4v) is 2.26. The van der Waals surface area contributed by atoms with Gasteiger partial charge in [-0.3, -0.25) is 0 Å². The molecule has 0 unspecified atom stereocenters. The second kappa shape index (κ2) is 2.96. The van der Waals surface area contributed by atoms with Gasteiger partial charge in [0.15, 0.2) is 0 Å². The van der Waals surface area contributed by atoms with Gasteiger partial charge in [0.25, 0.3) is 0 Å². The second-order valence-corrected chi connectivity index (χ2v) is 6.12. The summed E-state index contributed by atoms with van der Waals surface area (Å²) in [5.41, 5.74) is 1.21. The Balaban J connectivity index is 1.64. The SMILES string of the molecule is CC(C)(C)CCN1CC2(CNC2)C1. The first-order valence-electron chi connectivity index (χ1n) is 5.42. The second-order valence-electron chi connectivity index (χ2n) is 6.12. The standard InChI is InChI=1S/C11H22N2/c1-10(2,3)4-5-13-8-11(9-13)6-12-7-11/h12H,4-9H2,1-3H3. The van der Waals surface area contributed by atoms with E-state index in [0.717, 1.165) is 0 Å². The Morgan fingerprint density at radius 3 is 2.23 bits per heavy atom. The molecule has 2 fully saturated rings. The van der Waals surface area contributed by atoms with E-state index in [-0.39, 0.29) is 0 Å². The van der Waals surface area contributed by atoms with Crippen molar-refractivity contribution in [3.63, 3.8) is 0 Å². The minimum Gasteiger partial charge on any atom is -0.315 e. The Kier molecular flexibility index (Phi) is 2.16. The van der Waals surface area contributed by atoms with Crippen LogP contribution in [0.2, 0.25) is 0 Å². The first-order chi connectivity index (χ1) is 5.99. The van der Waals surface area contributed by atoms with Gasteiger partial charge in [-0.05, 0) is 18.4 Å². The average Bonchev–Trinajstić information content (AvgIpc) is 1.77. The van der Waals surface area contributed by atoms with Crippen LogP contribution in [0, 0.1) is 10.8 Å². The van der Waals surface area contributed by atoms with E-state index in [4.69, 9.17) is 0 Å². The van der Waals surface area contributed by atoms with Crippen LogP contribution in [-0.2, 0) is 0 Å². The molecule has 0 aromatic rings. The highest BCUT2D eigenvalue weighted by Gasteiger charge is 2.46. The maximum atomic E-state index is 3.37. The predicted octanol–water partition coefficient (Wildman–Crippen LogP) is 1.33. The van der Waals surface area contributed by atoms with Crippen LogP contribution < -0.4 is 5.32 Å². The zero-order valence-corrected chi connectivity index (χ0v) is 9.19. The molecular weight excluding hydrogens is 160 g/mol. The smallest absolute Gasteiger partial charge is 0.0207 e. The fraction of sp³-hybridized carbons (Fsp3) is 1.00. The van der Waals surface area contributed by atoms with E-state index in [9.17, 15) is 0 Å². The van der Waals surface area contributed by atoms with Gasteiger partial charge in [-0.1, -0.05) is 20.8 Å². The first kappa shape index (κ1) is 9.47. The normalized spacial score (nSPS) is 27.0. The maximum absolute atomic E-state index is 3.37. The van der Waals surface area contributed by atoms with Gasteiger partial charge < -0.3 is 10.2 Å². The van der Waals surface area contributed by atoms with Crippen molar-refractivity contribution in [2.24, 2.45) is 10.8 Å². The van der Waals surface area contributed by atoms with Crippen LogP contribution in [0.1, 0.15) is 27.2 Å². The highest BCUT2D eigenvalue weighted by atomic mass is 15.3. The molecule has 0 aliphatic carbocycles. The Morgan fingerprint density at radius 1 is 1.23 bits per heavy atom. The van der Waals surface area contributed by atoms with Crippen LogP contribution in [0.25, 0.3) is 0 Å². The van der Waals surface area contributed by atoms with E-state index in [1.807, 2.05) is 0 Å². The zero-order valence-electron chi connectivity index (χ0n) is 9.19. The maximum Gasteiger partial charge on any atom is 0.0207 e. The summed E-state index contributed by atoms with van der Waals surface area (Å²) >= 11 is 0. The molecule has 1 N–H and O–H groups in total. The van der Waals surface area contributed by atoms with Crippen LogP contribution in [0.5, 0.6) is 0 Å². The molecule has 13 heavy (non-hydrogen) atoms. The Morgan fingerprint density at radius 2 is 1.85 bits per heavy atom. The topological polar surface area (TPSA) is 15.3 Å². The summed E-state index contributed by atoms with van der Waals surface area (Å²) in [7, 11) is 0. The molecule has 76 valence electrons. The molecule has 2 heterocycles. The summed E-state index contributed by atoms with van der Waals surface area (Å²) in [6, 6.07) is 0. The van der Waals surface area contributed by atoms with E-state index in [1.54, 1.807) is 0 Å². The average molecular weight is 182 g/mol.